The number of benzene rings is 2. The summed E-state index contributed by atoms with van der Waals surface area (Å²) in [5.74, 6) is 1.16. The lowest BCUT2D eigenvalue weighted by atomic mass is 10.1. The molecule has 0 radical (unpaired) electrons. The summed E-state index contributed by atoms with van der Waals surface area (Å²) in [4.78, 5) is 0. The van der Waals surface area contributed by atoms with Crippen molar-refractivity contribution in [2.45, 2.75) is 26.5 Å². The molecule has 0 unspecified atom stereocenters. The predicted molar refractivity (Wildman–Crippen MR) is 92.0 cm³/mol. The third-order valence-corrected chi connectivity index (χ3v) is 3.86. The first-order valence-corrected chi connectivity index (χ1v) is 7.88. The summed E-state index contributed by atoms with van der Waals surface area (Å²) in [6.07, 6.45) is 0.736. The van der Waals surface area contributed by atoms with Crippen molar-refractivity contribution in [3.05, 3.63) is 58.4 Å². The number of aryl methyl sites for hydroxylation is 1. The van der Waals surface area contributed by atoms with E-state index in [2.05, 4.69) is 5.32 Å². The van der Waals surface area contributed by atoms with Crippen molar-refractivity contribution in [2.75, 3.05) is 20.8 Å². The molecular weight excluding hydrogens is 309 g/mol. The van der Waals surface area contributed by atoms with Crippen molar-refractivity contribution in [3.8, 4) is 11.5 Å². The van der Waals surface area contributed by atoms with E-state index in [1.54, 1.807) is 26.4 Å². The zero-order valence-corrected chi connectivity index (χ0v) is 14.4. The Labute approximate surface area is 142 Å². The fraction of sp³-hybridized carbons (Fsp3) is 0.368. The van der Waals surface area contributed by atoms with Crippen LogP contribution in [0.15, 0.2) is 30.3 Å². The summed E-state index contributed by atoms with van der Waals surface area (Å²) in [6, 6.07) is 8.71. The smallest absolute Gasteiger partial charge is 0.124 e. The Morgan fingerprint density at radius 2 is 1.67 bits per heavy atom. The minimum absolute atomic E-state index is 0.100. The molecule has 2 aromatic rings. The SMILES string of the molecule is COc1cc(CCNCc2cc(C)cc(F)c2)c(OC)cc1CO. The Balaban J connectivity index is 1.98. The zero-order valence-electron chi connectivity index (χ0n) is 14.4. The Hall–Kier alpha value is -2.11. The fourth-order valence-electron chi connectivity index (χ4n) is 2.71. The Bertz CT molecular complexity index is 668. The second-order valence-corrected chi connectivity index (χ2v) is 5.70. The molecule has 0 aliphatic rings. The second-order valence-electron chi connectivity index (χ2n) is 5.70. The van der Waals surface area contributed by atoms with E-state index in [0.29, 0.717) is 24.4 Å². The second kappa shape index (κ2) is 8.66. The lowest BCUT2D eigenvalue weighted by Crippen LogP contribution is -2.17. The van der Waals surface area contributed by atoms with Gasteiger partial charge in [-0.3, -0.25) is 0 Å². The first-order chi connectivity index (χ1) is 11.6. The van der Waals surface area contributed by atoms with E-state index in [1.165, 1.54) is 6.07 Å². The minimum Gasteiger partial charge on any atom is -0.496 e. The number of methoxy groups -OCH3 is 2. The molecule has 4 nitrogen and oxygen atoms in total. The van der Waals surface area contributed by atoms with Gasteiger partial charge in [0.15, 0.2) is 0 Å². The number of ether oxygens (including phenoxy) is 2. The molecular formula is C19H24FNO3. The molecule has 0 heterocycles. The van der Waals surface area contributed by atoms with Gasteiger partial charge in [0.05, 0.1) is 20.8 Å². The van der Waals surface area contributed by atoms with Crippen LogP contribution in [0.25, 0.3) is 0 Å². The van der Waals surface area contributed by atoms with Crippen molar-refractivity contribution < 1.29 is 19.0 Å². The van der Waals surface area contributed by atoms with Gasteiger partial charge in [-0.2, -0.15) is 0 Å². The average molecular weight is 333 g/mol. The number of halogens is 1. The van der Waals surface area contributed by atoms with Crippen LogP contribution in [-0.4, -0.2) is 25.9 Å². The standard InChI is InChI=1S/C19H24FNO3/c1-13-6-14(8-17(20)7-13)11-21-5-4-15-9-19(24-3)16(12-22)10-18(15)23-2/h6-10,21-22H,4-5,11-12H2,1-3H3. The van der Waals surface area contributed by atoms with Crippen LogP contribution >= 0.6 is 0 Å². The van der Waals surface area contributed by atoms with Crippen molar-refractivity contribution in [3.63, 3.8) is 0 Å². The number of rotatable bonds is 8. The summed E-state index contributed by atoms with van der Waals surface area (Å²) in [5, 5.41) is 12.7. The van der Waals surface area contributed by atoms with Gasteiger partial charge >= 0.3 is 0 Å². The van der Waals surface area contributed by atoms with Crippen LogP contribution in [0.5, 0.6) is 11.5 Å². The number of aliphatic hydroxyl groups is 1. The molecule has 0 aromatic heterocycles. The molecule has 0 saturated carbocycles. The normalized spacial score (nSPS) is 10.7. The van der Waals surface area contributed by atoms with Crippen LogP contribution in [-0.2, 0) is 19.6 Å². The third-order valence-electron chi connectivity index (χ3n) is 3.86. The lowest BCUT2D eigenvalue weighted by Gasteiger charge is -2.14. The van der Waals surface area contributed by atoms with Crippen LogP contribution in [0.3, 0.4) is 0 Å². The van der Waals surface area contributed by atoms with Crippen molar-refractivity contribution >= 4 is 0 Å². The van der Waals surface area contributed by atoms with Crippen molar-refractivity contribution in [1.82, 2.24) is 5.32 Å². The van der Waals surface area contributed by atoms with Gasteiger partial charge in [-0.15, -0.1) is 0 Å². The molecule has 2 rings (SSSR count). The molecule has 5 heteroatoms. The first-order valence-electron chi connectivity index (χ1n) is 7.88. The maximum absolute atomic E-state index is 13.4. The number of aliphatic hydroxyl groups excluding tert-OH is 1. The van der Waals surface area contributed by atoms with Gasteiger partial charge in [0.25, 0.3) is 0 Å². The van der Waals surface area contributed by atoms with Crippen LogP contribution in [0.2, 0.25) is 0 Å². The summed E-state index contributed by atoms with van der Waals surface area (Å²) in [7, 11) is 3.19. The molecule has 0 atom stereocenters. The van der Waals surface area contributed by atoms with Gasteiger partial charge in [0.1, 0.15) is 17.3 Å². The van der Waals surface area contributed by atoms with Gasteiger partial charge in [0, 0.05) is 12.1 Å². The quantitative estimate of drug-likeness (QED) is 0.729. The molecule has 2 aromatic carbocycles. The molecule has 24 heavy (non-hydrogen) atoms. The van der Waals surface area contributed by atoms with E-state index in [4.69, 9.17) is 9.47 Å². The maximum atomic E-state index is 13.4. The Morgan fingerprint density at radius 1 is 1.00 bits per heavy atom. The highest BCUT2D eigenvalue weighted by molar-refractivity contribution is 5.46. The largest absolute Gasteiger partial charge is 0.496 e. The van der Waals surface area contributed by atoms with Crippen molar-refractivity contribution in [2.24, 2.45) is 0 Å². The molecule has 0 fully saturated rings. The molecule has 2 N–H and O–H groups in total. The lowest BCUT2D eigenvalue weighted by molar-refractivity contribution is 0.272. The predicted octanol–water partition coefficient (Wildman–Crippen LogP) is 2.98. The summed E-state index contributed by atoms with van der Waals surface area (Å²) < 4.78 is 24.1. The third kappa shape index (κ3) is 4.69. The summed E-state index contributed by atoms with van der Waals surface area (Å²) >= 11 is 0. The highest BCUT2D eigenvalue weighted by Gasteiger charge is 2.10. The van der Waals surface area contributed by atoms with Gasteiger partial charge < -0.3 is 19.9 Å². The van der Waals surface area contributed by atoms with E-state index < -0.39 is 0 Å². The average Bonchev–Trinajstić information content (AvgIpc) is 2.57. The number of hydrogen-bond donors (Lipinski definition) is 2. The maximum Gasteiger partial charge on any atom is 0.124 e. The van der Waals surface area contributed by atoms with Crippen LogP contribution in [0, 0.1) is 12.7 Å². The van der Waals surface area contributed by atoms with Crippen molar-refractivity contribution in [1.29, 1.82) is 0 Å². The molecule has 0 amide bonds. The van der Waals surface area contributed by atoms with E-state index in [9.17, 15) is 9.50 Å². The van der Waals surface area contributed by atoms with E-state index >= 15 is 0 Å². The first kappa shape index (κ1) is 18.2. The Kier molecular flexibility index (Phi) is 6.58. The highest BCUT2D eigenvalue weighted by atomic mass is 19.1. The molecule has 130 valence electrons. The van der Waals surface area contributed by atoms with Crippen LogP contribution in [0.4, 0.5) is 4.39 Å². The monoisotopic (exact) mass is 333 g/mol. The Morgan fingerprint density at radius 3 is 2.29 bits per heavy atom. The molecule has 0 saturated heterocycles. The van der Waals surface area contributed by atoms with E-state index in [1.807, 2.05) is 19.1 Å². The molecule has 0 aliphatic heterocycles. The molecule has 0 aliphatic carbocycles. The zero-order chi connectivity index (χ0) is 17.5. The summed E-state index contributed by atoms with van der Waals surface area (Å²) in [6.45, 7) is 3.10. The number of nitrogens with one attached hydrogen (secondary N) is 1. The summed E-state index contributed by atoms with van der Waals surface area (Å²) in [5.41, 5.74) is 3.53. The van der Waals surface area contributed by atoms with Crippen LogP contribution < -0.4 is 14.8 Å². The minimum atomic E-state index is -0.210. The van der Waals surface area contributed by atoms with E-state index in [-0.39, 0.29) is 12.4 Å². The topological polar surface area (TPSA) is 50.7 Å². The fourth-order valence-corrected chi connectivity index (χ4v) is 2.71. The number of hydrogen-bond acceptors (Lipinski definition) is 4. The van der Waals surface area contributed by atoms with E-state index in [0.717, 1.165) is 28.9 Å². The van der Waals surface area contributed by atoms with Crippen LogP contribution in [0.1, 0.15) is 22.3 Å². The van der Waals surface area contributed by atoms with Gasteiger partial charge in [-0.25, -0.2) is 4.39 Å². The van der Waals surface area contributed by atoms with Gasteiger partial charge in [-0.1, -0.05) is 6.07 Å². The highest BCUT2D eigenvalue weighted by Crippen LogP contribution is 2.29. The van der Waals surface area contributed by atoms with Gasteiger partial charge in [-0.05, 0) is 60.8 Å². The molecule has 0 spiro atoms. The van der Waals surface area contributed by atoms with Gasteiger partial charge in [0.2, 0.25) is 0 Å². The molecule has 0 bridgehead atoms.